The van der Waals surface area contributed by atoms with Gasteiger partial charge in [-0.15, -0.1) is 0 Å². The molecule has 1 aromatic rings. The first kappa shape index (κ1) is 18.2. The Hall–Kier alpha value is -0.883. The summed E-state index contributed by atoms with van der Waals surface area (Å²) in [6.07, 6.45) is 0. The molecule has 4 nitrogen and oxygen atoms in total. The molecule has 0 saturated carbocycles. The van der Waals surface area contributed by atoms with E-state index in [-0.39, 0.29) is 0 Å². The number of rotatable bonds is 9. The number of ether oxygens (including phenoxy) is 1. The lowest BCUT2D eigenvalue weighted by atomic mass is 10.1. The zero-order valence-corrected chi connectivity index (χ0v) is 15.1. The maximum absolute atomic E-state index is 5.91. The maximum atomic E-state index is 5.91. The number of methoxy groups -OCH3 is 1. The molecule has 0 amide bonds. The van der Waals surface area contributed by atoms with Gasteiger partial charge < -0.3 is 18.0 Å². The Balaban J connectivity index is 3.07. The molecule has 0 fully saturated rings. The van der Waals surface area contributed by atoms with Gasteiger partial charge in [0.05, 0.1) is 7.11 Å². The van der Waals surface area contributed by atoms with E-state index >= 15 is 0 Å². The van der Waals surface area contributed by atoms with Gasteiger partial charge in [-0.3, -0.25) is 0 Å². The normalized spacial score (nSPS) is 11.7. The summed E-state index contributed by atoms with van der Waals surface area (Å²) in [4.78, 5) is 0. The Morgan fingerprint density at radius 1 is 0.857 bits per heavy atom. The van der Waals surface area contributed by atoms with Crippen molar-refractivity contribution in [3.05, 3.63) is 28.8 Å². The topological polar surface area (TPSA) is 36.9 Å². The van der Waals surface area contributed by atoms with Gasteiger partial charge in [0.25, 0.3) is 0 Å². The highest BCUT2D eigenvalue weighted by Gasteiger charge is 2.40. The minimum atomic E-state index is -2.65. The molecular formula is C16H28O4Si. The van der Waals surface area contributed by atoms with Crippen LogP contribution >= 0.6 is 0 Å². The van der Waals surface area contributed by atoms with E-state index in [0.717, 1.165) is 16.9 Å². The van der Waals surface area contributed by atoms with Crippen molar-refractivity contribution in [1.82, 2.24) is 0 Å². The largest absolute Gasteiger partial charge is 0.505 e. The second kappa shape index (κ2) is 8.53. The second-order valence-electron chi connectivity index (χ2n) is 4.92. The highest BCUT2D eigenvalue weighted by atomic mass is 28.4. The van der Waals surface area contributed by atoms with Crippen molar-refractivity contribution in [2.75, 3.05) is 26.9 Å². The van der Waals surface area contributed by atoms with Gasteiger partial charge in [0.15, 0.2) is 0 Å². The average molecular weight is 312 g/mol. The number of benzene rings is 1. The molecule has 120 valence electrons. The van der Waals surface area contributed by atoms with Gasteiger partial charge in [-0.2, -0.15) is 0 Å². The van der Waals surface area contributed by atoms with Crippen molar-refractivity contribution in [2.45, 2.75) is 40.7 Å². The third-order valence-electron chi connectivity index (χ3n) is 3.24. The fourth-order valence-corrected chi connectivity index (χ4v) is 5.23. The van der Waals surface area contributed by atoms with Crippen LogP contribution in [0.1, 0.15) is 37.5 Å². The maximum Gasteiger partial charge on any atom is 0.505 e. The van der Waals surface area contributed by atoms with Crippen LogP contribution in [0.15, 0.2) is 12.1 Å². The highest BCUT2D eigenvalue weighted by molar-refractivity contribution is 6.60. The molecule has 1 rings (SSSR count). The molecular weight excluding hydrogens is 284 g/mol. The summed E-state index contributed by atoms with van der Waals surface area (Å²) in [5.74, 6) is 0.940. The first-order chi connectivity index (χ1) is 10.0. The van der Waals surface area contributed by atoms with E-state index in [1.54, 1.807) is 7.11 Å². The summed E-state index contributed by atoms with van der Waals surface area (Å²) in [7, 11) is -0.948. The van der Waals surface area contributed by atoms with Crippen molar-refractivity contribution in [3.8, 4) is 5.75 Å². The molecule has 0 aromatic heterocycles. The van der Waals surface area contributed by atoms with Gasteiger partial charge in [0.2, 0.25) is 0 Å². The molecule has 0 spiro atoms. The molecule has 0 aliphatic carbocycles. The van der Waals surface area contributed by atoms with Crippen molar-refractivity contribution < 1.29 is 18.0 Å². The lowest BCUT2D eigenvalue weighted by molar-refractivity contribution is 0.0704. The van der Waals surface area contributed by atoms with Crippen LogP contribution in [0, 0.1) is 13.8 Å². The van der Waals surface area contributed by atoms with E-state index < -0.39 is 8.80 Å². The van der Waals surface area contributed by atoms with Gasteiger partial charge in [0, 0.05) is 25.9 Å². The first-order valence-corrected chi connectivity index (χ1v) is 9.51. The van der Waals surface area contributed by atoms with E-state index in [0.29, 0.717) is 25.9 Å². The van der Waals surface area contributed by atoms with Crippen LogP contribution in [-0.2, 0) is 19.3 Å². The molecule has 21 heavy (non-hydrogen) atoms. The second-order valence-corrected chi connectivity index (χ2v) is 7.51. The van der Waals surface area contributed by atoms with Crippen LogP contribution in [0.3, 0.4) is 0 Å². The zero-order valence-electron chi connectivity index (χ0n) is 14.1. The fourth-order valence-electron chi connectivity index (χ4n) is 2.65. The molecule has 1 aromatic carbocycles. The first-order valence-electron chi connectivity index (χ1n) is 7.57. The molecule has 0 radical (unpaired) electrons. The predicted octanol–water partition coefficient (Wildman–Crippen LogP) is 3.44. The summed E-state index contributed by atoms with van der Waals surface area (Å²) < 4.78 is 23.2. The third kappa shape index (κ3) is 4.81. The molecule has 0 N–H and O–H groups in total. The van der Waals surface area contributed by atoms with Crippen LogP contribution in [-0.4, -0.2) is 35.7 Å². The molecule has 0 aliphatic rings. The summed E-state index contributed by atoms with van der Waals surface area (Å²) in [5, 5.41) is 0. The summed E-state index contributed by atoms with van der Waals surface area (Å²) in [6.45, 7) is 11.8. The van der Waals surface area contributed by atoms with E-state index in [4.69, 9.17) is 18.0 Å². The standard InChI is InChI=1S/C16H28O4Si/c1-7-18-21(19-8-2,20-9-3)12-15-10-13(4)16(17-6)14(5)11-15/h10-11H,7-9,12H2,1-6H3. The van der Waals surface area contributed by atoms with Gasteiger partial charge in [-0.05, 0) is 51.3 Å². The van der Waals surface area contributed by atoms with Crippen LogP contribution < -0.4 is 4.74 Å². The molecule has 0 saturated heterocycles. The Labute approximate surface area is 129 Å². The van der Waals surface area contributed by atoms with Crippen molar-refractivity contribution in [3.63, 3.8) is 0 Å². The molecule has 0 unspecified atom stereocenters. The minimum absolute atomic E-state index is 0.598. The van der Waals surface area contributed by atoms with Crippen LogP contribution in [0.4, 0.5) is 0 Å². The summed E-state index contributed by atoms with van der Waals surface area (Å²) in [6, 6.07) is 4.95. The number of aryl methyl sites for hydroxylation is 2. The molecule has 5 heteroatoms. The van der Waals surface area contributed by atoms with Crippen molar-refractivity contribution in [2.24, 2.45) is 0 Å². The van der Waals surface area contributed by atoms with E-state index in [9.17, 15) is 0 Å². The SMILES string of the molecule is CCO[Si](Cc1cc(C)c(OC)c(C)c1)(OCC)OCC. The quantitative estimate of drug-likeness (QED) is 0.655. The molecule has 0 heterocycles. The van der Waals surface area contributed by atoms with Crippen molar-refractivity contribution in [1.29, 1.82) is 0 Å². The summed E-state index contributed by atoms with van der Waals surface area (Å²) in [5.41, 5.74) is 3.42. The average Bonchev–Trinajstić information content (AvgIpc) is 2.39. The fraction of sp³-hybridized carbons (Fsp3) is 0.625. The van der Waals surface area contributed by atoms with Gasteiger partial charge in [0.1, 0.15) is 5.75 Å². The lowest BCUT2D eigenvalue weighted by Gasteiger charge is -2.28. The van der Waals surface area contributed by atoms with Crippen LogP contribution in [0.5, 0.6) is 5.75 Å². The smallest absolute Gasteiger partial charge is 0.496 e. The highest BCUT2D eigenvalue weighted by Crippen LogP contribution is 2.27. The number of hydrogen-bond donors (Lipinski definition) is 0. The van der Waals surface area contributed by atoms with Crippen LogP contribution in [0.25, 0.3) is 0 Å². The van der Waals surface area contributed by atoms with E-state index in [1.807, 2.05) is 20.8 Å². The van der Waals surface area contributed by atoms with E-state index in [2.05, 4.69) is 26.0 Å². The minimum Gasteiger partial charge on any atom is -0.496 e. The lowest BCUT2D eigenvalue weighted by Crippen LogP contribution is -2.48. The van der Waals surface area contributed by atoms with Crippen LogP contribution in [0.2, 0.25) is 0 Å². The predicted molar refractivity (Wildman–Crippen MR) is 86.8 cm³/mol. The number of hydrogen-bond acceptors (Lipinski definition) is 4. The Morgan fingerprint density at radius 2 is 1.29 bits per heavy atom. The van der Waals surface area contributed by atoms with Gasteiger partial charge >= 0.3 is 8.80 Å². The molecule has 0 bridgehead atoms. The van der Waals surface area contributed by atoms with Gasteiger partial charge in [-0.25, -0.2) is 0 Å². The van der Waals surface area contributed by atoms with Crippen molar-refractivity contribution >= 4 is 8.80 Å². The Bertz CT molecular complexity index is 408. The monoisotopic (exact) mass is 312 g/mol. The molecule has 0 atom stereocenters. The third-order valence-corrected chi connectivity index (χ3v) is 6.26. The molecule has 0 aliphatic heterocycles. The van der Waals surface area contributed by atoms with Gasteiger partial charge in [-0.1, -0.05) is 12.1 Å². The zero-order chi connectivity index (χ0) is 15.9. The van der Waals surface area contributed by atoms with E-state index in [1.165, 1.54) is 5.56 Å². The Kier molecular flexibility index (Phi) is 7.38. The summed E-state index contributed by atoms with van der Waals surface area (Å²) >= 11 is 0. The Morgan fingerprint density at radius 3 is 1.62 bits per heavy atom.